The molecule has 3 heteroatoms. The van der Waals surface area contributed by atoms with Crippen LogP contribution in [-0.2, 0) is 9.53 Å². The molecule has 1 aliphatic heterocycles. The van der Waals surface area contributed by atoms with E-state index in [1.807, 2.05) is 24.3 Å². The number of methoxy groups -OCH3 is 1. The first kappa shape index (κ1) is 12.0. The molecule has 0 aromatic heterocycles. The number of esters is 1. The van der Waals surface area contributed by atoms with Crippen LogP contribution in [0.4, 0.5) is 0 Å². The summed E-state index contributed by atoms with van der Waals surface area (Å²) in [4.78, 5) is 11.6. The van der Waals surface area contributed by atoms with Crippen molar-refractivity contribution in [2.24, 2.45) is 11.3 Å². The van der Waals surface area contributed by atoms with Crippen molar-refractivity contribution in [2.45, 2.75) is 26.9 Å². The maximum Gasteiger partial charge on any atom is 0.314 e. The quantitative estimate of drug-likeness (QED) is 0.738. The predicted octanol–water partition coefficient (Wildman–Crippen LogP) is 2.96. The van der Waals surface area contributed by atoms with Crippen LogP contribution in [0.3, 0.4) is 0 Å². The van der Waals surface area contributed by atoms with E-state index >= 15 is 0 Å². The molecule has 0 saturated carbocycles. The Bertz CT molecular complexity index is 431. The van der Waals surface area contributed by atoms with Crippen molar-refractivity contribution in [2.75, 3.05) is 7.11 Å². The lowest BCUT2D eigenvalue weighted by Crippen LogP contribution is -2.46. The predicted molar refractivity (Wildman–Crippen MR) is 64.8 cm³/mol. The van der Waals surface area contributed by atoms with Crippen LogP contribution < -0.4 is 4.74 Å². The fourth-order valence-corrected chi connectivity index (χ4v) is 2.27. The van der Waals surface area contributed by atoms with Crippen LogP contribution in [0.5, 0.6) is 5.75 Å². The van der Waals surface area contributed by atoms with Gasteiger partial charge in [0.25, 0.3) is 0 Å². The van der Waals surface area contributed by atoms with Crippen molar-refractivity contribution in [1.29, 1.82) is 0 Å². The molecule has 1 aliphatic rings. The second-order valence-corrected chi connectivity index (χ2v) is 5.44. The average Bonchev–Trinajstić information content (AvgIpc) is 2.23. The molecule has 1 saturated heterocycles. The Morgan fingerprint density at radius 3 is 2.41 bits per heavy atom. The summed E-state index contributed by atoms with van der Waals surface area (Å²) in [5, 5.41) is 0. The SMILES string of the molecule is COc1ccccc1[C@H]1OC(=O)[C@H]1C(C)(C)C. The minimum atomic E-state index is -0.182. The van der Waals surface area contributed by atoms with Crippen LogP contribution in [0.2, 0.25) is 0 Å². The largest absolute Gasteiger partial charge is 0.496 e. The monoisotopic (exact) mass is 234 g/mol. The van der Waals surface area contributed by atoms with Gasteiger partial charge in [-0.2, -0.15) is 0 Å². The number of rotatable bonds is 2. The lowest BCUT2D eigenvalue weighted by atomic mass is 9.72. The number of carbonyl (C=O) groups excluding carboxylic acids is 1. The molecular formula is C14H18O3. The molecule has 17 heavy (non-hydrogen) atoms. The van der Waals surface area contributed by atoms with Crippen molar-refractivity contribution in [3.05, 3.63) is 29.8 Å². The number of cyclic esters (lactones) is 1. The maximum atomic E-state index is 11.6. The lowest BCUT2D eigenvalue weighted by molar-refractivity contribution is -0.197. The van der Waals surface area contributed by atoms with Crippen molar-refractivity contribution < 1.29 is 14.3 Å². The first-order valence-corrected chi connectivity index (χ1v) is 5.78. The molecular weight excluding hydrogens is 216 g/mol. The molecule has 0 radical (unpaired) electrons. The molecule has 1 fully saturated rings. The summed E-state index contributed by atoms with van der Waals surface area (Å²) in [5.41, 5.74) is 0.857. The number of carbonyl (C=O) groups is 1. The Morgan fingerprint density at radius 2 is 1.88 bits per heavy atom. The molecule has 0 spiro atoms. The zero-order valence-corrected chi connectivity index (χ0v) is 10.7. The summed E-state index contributed by atoms with van der Waals surface area (Å²) in [5.74, 6) is 0.562. The second-order valence-electron chi connectivity index (χ2n) is 5.44. The highest BCUT2D eigenvalue weighted by molar-refractivity contribution is 5.80. The van der Waals surface area contributed by atoms with Gasteiger partial charge in [0, 0.05) is 5.56 Å². The van der Waals surface area contributed by atoms with Crippen LogP contribution in [0, 0.1) is 11.3 Å². The van der Waals surface area contributed by atoms with E-state index in [4.69, 9.17) is 9.47 Å². The zero-order valence-electron chi connectivity index (χ0n) is 10.7. The van der Waals surface area contributed by atoms with Gasteiger partial charge in [0.05, 0.1) is 7.11 Å². The molecule has 1 heterocycles. The fraction of sp³-hybridized carbons (Fsp3) is 0.500. The van der Waals surface area contributed by atoms with Crippen molar-refractivity contribution in [3.63, 3.8) is 0 Å². The number of hydrogen-bond acceptors (Lipinski definition) is 3. The van der Waals surface area contributed by atoms with Gasteiger partial charge in [-0.15, -0.1) is 0 Å². The van der Waals surface area contributed by atoms with Gasteiger partial charge in [-0.05, 0) is 11.5 Å². The van der Waals surface area contributed by atoms with E-state index in [0.29, 0.717) is 0 Å². The van der Waals surface area contributed by atoms with Gasteiger partial charge in [0.1, 0.15) is 17.8 Å². The summed E-state index contributed by atoms with van der Waals surface area (Å²) in [7, 11) is 1.63. The van der Waals surface area contributed by atoms with E-state index in [1.54, 1.807) is 7.11 Å². The summed E-state index contributed by atoms with van der Waals surface area (Å²) < 4.78 is 10.6. The number of para-hydroxylation sites is 1. The summed E-state index contributed by atoms with van der Waals surface area (Å²) >= 11 is 0. The van der Waals surface area contributed by atoms with Gasteiger partial charge in [0.15, 0.2) is 0 Å². The normalized spacial score (nSPS) is 23.9. The molecule has 2 rings (SSSR count). The highest BCUT2D eigenvalue weighted by Gasteiger charge is 2.50. The molecule has 0 N–H and O–H groups in total. The number of ether oxygens (including phenoxy) is 2. The van der Waals surface area contributed by atoms with Gasteiger partial charge < -0.3 is 9.47 Å². The van der Waals surface area contributed by atoms with Crippen LogP contribution >= 0.6 is 0 Å². The molecule has 92 valence electrons. The van der Waals surface area contributed by atoms with E-state index in [1.165, 1.54) is 0 Å². The van der Waals surface area contributed by atoms with Crippen LogP contribution in [-0.4, -0.2) is 13.1 Å². The molecule has 0 amide bonds. The third kappa shape index (κ3) is 2.02. The van der Waals surface area contributed by atoms with Gasteiger partial charge in [-0.25, -0.2) is 0 Å². The van der Waals surface area contributed by atoms with Gasteiger partial charge in [-0.3, -0.25) is 4.79 Å². The van der Waals surface area contributed by atoms with E-state index < -0.39 is 0 Å². The Labute approximate surface area is 102 Å². The molecule has 0 bridgehead atoms. The number of hydrogen-bond donors (Lipinski definition) is 0. The van der Waals surface area contributed by atoms with Gasteiger partial charge in [-0.1, -0.05) is 39.0 Å². The topological polar surface area (TPSA) is 35.5 Å². The molecule has 0 unspecified atom stereocenters. The third-order valence-corrected chi connectivity index (χ3v) is 3.18. The lowest BCUT2D eigenvalue weighted by Gasteiger charge is -2.43. The van der Waals surface area contributed by atoms with E-state index in [-0.39, 0.29) is 23.4 Å². The summed E-state index contributed by atoms with van der Waals surface area (Å²) in [6.07, 6.45) is -0.182. The third-order valence-electron chi connectivity index (χ3n) is 3.18. The first-order chi connectivity index (χ1) is 7.95. The highest BCUT2D eigenvalue weighted by atomic mass is 16.6. The smallest absolute Gasteiger partial charge is 0.314 e. The molecule has 0 aliphatic carbocycles. The van der Waals surface area contributed by atoms with Crippen molar-refractivity contribution in [1.82, 2.24) is 0 Å². The van der Waals surface area contributed by atoms with E-state index in [0.717, 1.165) is 11.3 Å². The highest BCUT2D eigenvalue weighted by Crippen LogP contribution is 2.48. The maximum absolute atomic E-state index is 11.6. The average molecular weight is 234 g/mol. The van der Waals surface area contributed by atoms with Crippen LogP contribution in [0.1, 0.15) is 32.4 Å². The minimum Gasteiger partial charge on any atom is -0.496 e. The Balaban J connectivity index is 2.32. The van der Waals surface area contributed by atoms with Crippen LogP contribution in [0.15, 0.2) is 24.3 Å². The first-order valence-electron chi connectivity index (χ1n) is 5.78. The second kappa shape index (κ2) is 4.06. The van der Waals surface area contributed by atoms with Crippen molar-refractivity contribution >= 4 is 5.97 Å². The van der Waals surface area contributed by atoms with Gasteiger partial charge in [0.2, 0.25) is 0 Å². The molecule has 1 aromatic rings. The summed E-state index contributed by atoms with van der Waals surface area (Å²) in [6, 6.07) is 7.69. The Kier molecular flexibility index (Phi) is 2.86. The van der Waals surface area contributed by atoms with Crippen LogP contribution in [0.25, 0.3) is 0 Å². The molecule has 1 aromatic carbocycles. The summed E-state index contributed by atoms with van der Waals surface area (Å²) in [6.45, 7) is 6.17. The Hall–Kier alpha value is -1.51. The van der Waals surface area contributed by atoms with Crippen molar-refractivity contribution in [3.8, 4) is 5.75 Å². The van der Waals surface area contributed by atoms with Gasteiger partial charge >= 0.3 is 5.97 Å². The zero-order chi connectivity index (χ0) is 12.6. The molecule has 3 nitrogen and oxygen atoms in total. The Morgan fingerprint density at radius 1 is 1.24 bits per heavy atom. The fourth-order valence-electron chi connectivity index (χ4n) is 2.27. The van der Waals surface area contributed by atoms with E-state index in [2.05, 4.69) is 20.8 Å². The minimum absolute atomic E-state index is 0.0964. The molecule has 2 atom stereocenters. The number of benzene rings is 1. The van der Waals surface area contributed by atoms with E-state index in [9.17, 15) is 4.79 Å². The standard InChI is InChI=1S/C14H18O3/c1-14(2,3)11-12(17-13(11)15)9-7-5-6-8-10(9)16-4/h5-8,11-12H,1-4H3/t11-,12+/m0/s1.